The second kappa shape index (κ2) is 8.65. The summed E-state index contributed by atoms with van der Waals surface area (Å²) in [7, 11) is 0. The molecule has 0 saturated carbocycles. The van der Waals surface area contributed by atoms with E-state index in [1.54, 1.807) is 18.5 Å². The Morgan fingerprint density at radius 1 is 1.12 bits per heavy atom. The first-order chi connectivity index (χ1) is 12.2. The molecular formula is C20H17Cl2N3. The number of benzene rings is 2. The first-order valence-corrected chi connectivity index (χ1v) is 8.66. The summed E-state index contributed by atoms with van der Waals surface area (Å²) >= 11 is 12.4. The van der Waals surface area contributed by atoms with Gasteiger partial charge in [0.05, 0.1) is 17.3 Å². The largest absolute Gasteiger partial charge is 0.348 e. The van der Waals surface area contributed by atoms with Gasteiger partial charge in [-0.05, 0) is 17.7 Å². The normalized spacial score (nSPS) is 12.0. The lowest BCUT2D eigenvalue weighted by molar-refractivity contribution is 1.07. The molecule has 0 spiro atoms. The zero-order valence-corrected chi connectivity index (χ0v) is 15.0. The topological polar surface area (TPSA) is 41.0 Å². The van der Waals surface area contributed by atoms with E-state index < -0.39 is 0 Å². The molecule has 0 radical (unpaired) electrons. The highest BCUT2D eigenvalue weighted by atomic mass is 35.5. The number of aliphatic imine (C=N–C) groups is 1. The molecule has 0 unspecified atom stereocenters. The number of H-pyrrole nitrogens is 1. The van der Waals surface area contributed by atoms with Crippen molar-refractivity contribution in [1.29, 1.82) is 0 Å². The molecule has 5 heteroatoms. The van der Waals surface area contributed by atoms with Crippen LogP contribution in [0.15, 0.2) is 72.0 Å². The second-order valence-electron chi connectivity index (χ2n) is 5.44. The summed E-state index contributed by atoms with van der Waals surface area (Å²) in [5, 5.41) is 1.19. The van der Waals surface area contributed by atoms with Gasteiger partial charge < -0.3 is 4.98 Å². The summed E-state index contributed by atoms with van der Waals surface area (Å²) in [6, 6.07) is 15.6. The molecule has 0 aliphatic rings. The Kier molecular flexibility index (Phi) is 6.04. The Bertz CT molecular complexity index is 869. The molecule has 3 nitrogen and oxygen atoms in total. The van der Waals surface area contributed by atoms with Gasteiger partial charge in [0.15, 0.2) is 0 Å². The van der Waals surface area contributed by atoms with Crippen LogP contribution in [-0.2, 0) is 6.42 Å². The van der Waals surface area contributed by atoms with Crippen LogP contribution in [0.2, 0.25) is 10.0 Å². The molecular weight excluding hydrogens is 353 g/mol. The molecule has 0 amide bonds. The highest BCUT2D eigenvalue weighted by molar-refractivity contribution is 6.37. The lowest BCUT2D eigenvalue weighted by atomic mass is 10.1. The number of halogens is 2. The van der Waals surface area contributed by atoms with E-state index in [1.165, 1.54) is 0 Å². The minimum absolute atomic E-state index is 0.559. The Morgan fingerprint density at radius 2 is 1.96 bits per heavy atom. The third-order valence-electron chi connectivity index (χ3n) is 3.63. The van der Waals surface area contributed by atoms with Gasteiger partial charge in [0, 0.05) is 29.4 Å². The van der Waals surface area contributed by atoms with Crippen molar-refractivity contribution < 1.29 is 0 Å². The lowest BCUT2D eigenvalue weighted by Gasteiger charge is -2.08. The van der Waals surface area contributed by atoms with E-state index in [1.807, 2.05) is 36.4 Å². The fourth-order valence-electron chi connectivity index (χ4n) is 2.43. The van der Waals surface area contributed by atoms with Gasteiger partial charge in [0.1, 0.15) is 5.82 Å². The van der Waals surface area contributed by atoms with Crippen LogP contribution < -0.4 is 0 Å². The number of nitrogens with zero attached hydrogens (tertiary/aromatic N) is 2. The summed E-state index contributed by atoms with van der Waals surface area (Å²) in [4.78, 5) is 12.1. The zero-order valence-electron chi connectivity index (χ0n) is 13.5. The lowest BCUT2D eigenvalue weighted by Crippen LogP contribution is -2.08. The molecule has 0 fully saturated rings. The molecule has 0 saturated heterocycles. The SMILES string of the molecule is Clc1ccc(C(Cc2ncc[nH]2)=NCC=Cc2ccccc2)c(Cl)c1. The summed E-state index contributed by atoms with van der Waals surface area (Å²) < 4.78 is 0. The maximum Gasteiger partial charge on any atom is 0.112 e. The average Bonchev–Trinajstić information content (AvgIpc) is 3.12. The van der Waals surface area contributed by atoms with E-state index >= 15 is 0 Å². The van der Waals surface area contributed by atoms with E-state index in [2.05, 4.69) is 28.2 Å². The average molecular weight is 370 g/mol. The predicted octanol–water partition coefficient (Wildman–Crippen LogP) is 5.46. The van der Waals surface area contributed by atoms with Crippen molar-refractivity contribution in [1.82, 2.24) is 9.97 Å². The Hall–Kier alpha value is -2.36. The first kappa shape index (κ1) is 17.5. The highest BCUT2D eigenvalue weighted by Crippen LogP contribution is 2.22. The molecule has 1 aromatic heterocycles. The van der Waals surface area contributed by atoms with Crippen LogP contribution in [0.3, 0.4) is 0 Å². The van der Waals surface area contributed by atoms with E-state index in [0.29, 0.717) is 23.0 Å². The Labute approximate surface area is 157 Å². The number of hydrogen-bond acceptors (Lipinski definition) is 2. The van der Waals surface area contributed by atoms with Crippen molar-refractivity contribution in [3.8, 4) is 0 Å². The maximum absolute atomic E-state index is 6.36. The van der Waals surface area contributed by atoms with Gasteiger partial charge in [-0.2, -0.15) is 0 Å². The monoisotopic (exact) mass is 369 g/mol. The summed E-state index contributed by atoms with van der Waals surface area (Å²) in [6.07, 6.45) is 8.18. The number of rotatable bonds is 6. The quantitative estimate of drug-likeness (QED) is 0.575. The first-order valence-electron chi connectivity index (χ1n) is 7.91. The number of nitrogens with one attached hydrogen (secondary N) is 1. The summed E-state index contributed by atoms with van der Waals surface area (Å²) in [6.45, 7) is 0.559. The van der Waals surface area contributed by atoms with Gasteiger partial charge in [-0.3, -0.25) is 4.99 Å². The van der Waals surface area contributed by atoms with Gasteiger partial charge in [-0.1, -0.05) is 71.8 Å². The smallest absolute Gasteiger partial charge is 0.112 e. The minimum Gasteiger partial charge on any atom is -0.348 e. The van der Waals surface area contributed by atoms with Crippen molar-refractivity contribution in [3.05, 3.63) is 94.0 Å². The van der Waals surface area contributed by atoms with E-state index in [0.717, 1.165) is 22.7 Å². The van der Waals surface area contributed by atoms with Crippen LogP contribution in [0, 0.1) is 0 Å². The molecule has 1 heterocycles. The second-order valence-corrected chi connectivity index (χ2v) is 6.28. The van der Waals surface area contributed by atoms with Crippen molar-refractivity contribution >= 4 is 35.0 Å². The van der Waals surface area contributed by atoms with Crippen LogP contribution in [-0.4, -0.2) is 22.2 Å². The number of aromatic nitrogens is 2. The molecule has 3 aromatic rings. The molecule has 126 valence electrons. The Morgan fingerprint density at radius 3 is 2.68 bits per heavy atom. The van der Waals surface area contributed by atoms with Gasteiger partial charge in [-0.25, -0.2) is 4.98 Å². The Balaban J connectivity index is 1.81. The molecule has 2 aromatic carbocycles. The molecule has 0 atom stereocenters. The molecule has 0 aliphatic carbocycles. The van der Waals surface area contributed by atoms with Crippen LogP contribution in [0.5, 0.6) is 0 Å². The summed E-state index contributed by atoms with van der Waals surface area (Å²) in [5.74, 6) is 0.844. The van der Waals surface area contributed by atoms with Crippen molar-refractivity contribution in [2.75, 3.05) is 6.54 Å². The molecule has 3 rings (SSSR count). The van der Waals surface area contributed by atoms with Crippen LogP contribution in [0.1, 0.15) is 17.0 Å². The fraction of sp³-hybridized carbons (Fsp3) is 0.100. The van der Waals surface area contributed by atoms with Crippen molar-refractivity contribution in [2.24, 2.45) is 4.99 Å². The van der Waals surface area contributed by atoms with Crippen LogP contribution in [0.4, 0.5) is 0 Å². The van der Waals surface area contributed by atoms with Crippen molar-refractivity contribution in [3.63, 3.8) is 0 Å². The molecule has 0 bridgehead atoms. The van der Waals surface area contributed by atoms with E-state index in [9.17, 15) is 0 Å². The third-order valence-corrected chi connectivity index (χ3v) is 4.18. The van der Waals surface area contributed by atoms with Gasteiger partial charge in [-0.15, -0.1) is 0 Å². The van der Waals surface area contributed by atoms with E-state index in [-0.39, 0.29) is 0 Å². The van der Waals surface area contributed by atoms with Gasteiger partial charge >= 0.3 is 0 Å². The molecule has 1 N–H and O–H groups in total. The summed E-state index contributed by atoms with van der Waals surface area (Å²) in [5.41, 5.74) is 2.89. The van der Waals surface area contributed by atoms with Gasteiger partial charge in [0.2, 0.25) is 0 Å². The van der Waals surface area contributed by atoms with E-state index in [4.69, 9.17) is 28.2 Å². The predicted molar refractivity (Wildman–Crippen MR) is 106 cm³/mol. The number of hydrogen-bond donors (Lipinski definition) is 1. The standard InChI is InChI=1S/C20H17Cl2N3/c21-16-8-9-17(18(22)13-16)19(14-20-24-11-12-25-20)23-10-4-7-15-5-2-1-3-6-15/h1-9,11-13H,10,14H2,(H,24,25). The molecule has 0 aliphatic heterocycles. The van der Waals surface area contributed by atoms with Gasteiger partial charge in [0.25, 0.3) is 0 Å². The zero-order chi connectivity index (χ0) is 17.5. The third kappa shape index (κ3) is 5.05. The minimum atomic E-state index is 0.559. The molecule has 25 heavy (non-hydrogen) atoms. The van der Waals surface area contributed by atoms with Crippen LogP contribution in [0.25, 0.3) is 6.08 Å². The maximum atomic E-state index is 6.36. The highest BCUT2D eigenvalue weighted by Gasteiger charge is 2.11. The van der Waals surface area contributed by atoms with Crippen molar-refractivity contribution in [2.45, 2.75) is 6.42 Å². The fourth-order valence-corrected chi connectivity index (χ4v) is 2.95. The number of aromatic amines is 1. The van der Waals surface area contributed by atoms with Crippen LogP contribution >= 0.6 is 23.2 Å². The number of imidazole rings is 1.